The summed E-state index contributed by atoms with van der Waals surface area (Å²) in [6.07, 6.45) is 0. The van der Waals surface area contributed by atoms with Gasteiger partial charge in [-0.2, -0.15) is 5.26 Å². The maximum absolute atomic E-state index is 8.41. The van der Waals surface area contributed by atoms with E-state index in [9.17, 15) is 0 Å². The average Bonchev–Trinajstić information content (AvgIpc) is 2.10. The lowest BCUT2D eigenvalue weighted by Gasteiger charge is -1.79. The Labute approximate surface area is 58.9 Å². The number of aromatic nitrogens is 1. The van der Waals surface area contributed by atoms with Crippen LogP contribution in [-0.4, -0.2) is 4.98 Å². The zero-order chi connectivity index (χ0) is 6.85. The molecule has 0 aliphatic heterocycles. The fraction of sp³-hybridized carbons (Fsp3) is 0.167. The summed E-state index contributed by atoms with van der Waals surface area (Å²) < 4.78 is 0. The van der Waals surface area contributed by atoms with Crippen molar-refractivity contribution < 1.29 is 0 Å². The number of H-pyrrole nitrogens is 1. The topological polar surface area (TPSA) is 39.6 Å². The van der Waals surface area contributed by atoms with Crippen LogP contribution in [0.4, 0.5) is 0 Å². The Morgan fingerprint density at radius 3 is 2.67 bits per heavy atom. The molecule has 46 valence electrons. The standard InChI is InChI=1S/C6H6N2S/c1-4-2-5(3-7)6(9)8-4/h2,8-9H,1H3. The Hall–Kier alpha value is -0.880. The largest absolute Gasteiger partial charge is 0.353 e. The van der Waals surface area contributed by atoms with E-state index in [1.165, 1.54) is 0 Å². The summed E-state index contributed by atoms with van der Waals surface area (Å²) in [5.74, 6) is 0. The lowest BCUT2D eigenvalue weighted by Crippen LogP contribution is -1.67. The van der Waals surface area contributed by atoms with Gasteiger partial charge in [0.05, 0.1) is 10.6 Å². The molecule has 1 aromatic rings. The van der Waals surface area contributed by atoms with Crippen molar-refractivity contribution in [2.45, 2.75) is 11.9 Å². The molecule has 0 spiro atoms. The molecule has 9 heavy (non-hydrogen) atoms. The van der Waals surface area contributed by atoms with E-state index in [2.05, 4.69) is 17.6 Å². The fourth-order valence-electron chi connectivity index (χ4n) is 0.660. The highest BCUT2D eigenvalue weighted by Gasteiger charge is 1.98. The second-order valence-corrected chi connectivity index (χ2v) is 2.27. The highest BCUT2D eigenvalue weighted by Crippen LogP contribution is 2.11. The van der Waals surface area contributed by atoms with E-state index in [4.69, 9.17) is 5.26 Å². The molecule has 0 fully saturated rings. The van der Waals surface area contributed by atoms with Crippen LogP contribution >= 0.6 is 12.6 Å². The SMILES string of the molecule is Cc1cc(C#N)c(S)[nH]1. The number of hydrogen-bond donors (Lipinski definition) is 2. The predicted molar refractivity (Wildman–Crippen MR) is 37.5 cm³/mol. The first-order valence-corrected chi connectivity index (χ1v) is 2.97. The average molecular weight is 138 g/mol. The van der Waals surface area contributed by atoms with Gasteiger partial charge in [0.15, 0.2) is 0 Å². The number of nitrogens with one attached hydrogen (secondary N) is 1. The van der Waals surface area contributed by atoms with Crippen molar-refractivity contribution >= 4 is 12.6 Å². The van der Waals surface area contributed by atoms with Gasteiger partial charge in [0.25, 0.3) is 0 Å². The third kappa shape index (κ3) is 1.08. The number of nitriles is 1. The molecule has 0 aromatic carbocycles. The summed E-state index contributed by atoms with van der Waals surface area (Å²) in [6.45, 7) is 1.89. The van der Waals surface area contributed by atoms with Crippen molar-refractivity contribution in [3.8, 4) is 6.07 Å². The van der Waals surface area contributed by atoms with Crippen LogP contribution in [0.25, 0.3) is 0 Å². The molecular weight excluding hydrogens is 132 g/mol. The number of thiol groups is 1. The lowest BCUT2D eigenvalue weighted by molar-refractivity contribution is 1.13. The maximum atomic E-state index is 8.41. The van der Waals surface area contributed by atoms with Crippen LogP contribution in [0.5, 0.6) is 0 Å². The highest BCUT2D eigenvalue weighted by atomic mass is 32.1. The summed E-state index contributed by atoms with van der Waals surface area (Å²) in [4.78, 5) is 2.90. The summed E-state index contributed by atoms with van der Waals surface area (Å²) in [6, 6.07) is 3.77. The molecule has 1 N–H and O–H groups in total. The highest BCUT2D eigenvalue weighted by molar-refractivity contribution is 7.80. The van der Waals surface area contributed by atoms with Crippen molar-refractivity contribution in [1.82, 2.24) is 4.98 Å². The zero-order valence-electron chi connectivity index (χ0n) is 4.97. The summed E-state index contributed by atoms with van der Waals surface area (Å²) in [5, 5.41) is 9.06. The fourth-order valence-corrected chi connectivity index (χ4v) is 0.951. The van der Waals surface area contributed by atoms with Gasteiger partial charge in [-0.15, -0.1) is 12.6 Å². The Bertz CT molecular complexity index is 257. The molecule has 0 radical (unpaired) electrons. The molecule has 2 nitrogen and oxygen atoms in total. The van der Waals surface area contributed by atoms with Crippen LogP contribution in [0.3, 0.4) is 0 Å². The number of aryl methyl sites for hydroxylation is 1. The first-order chi connectivity index (χ1) is 4.24. The van der Waals surface area contributed by atoms with Crippen molar-refractivity contribution in [3.63, 3.8) is 0 Å². The van der Waals surface area contributed by atoms with E-state index in [0.29, 0.717) is 10.6 Å². The summed E-state index contributed by atoms with van der Waals surface area (Å²) in [5.41, 5.74) is 1.58. The molecule has 0 saturated heterocycles. The van der Waals surface area contributed by atoms with Crippen molar-refractivity contribution in [3.05, 3.63) is 17.3 Å². The van der Waals surface area contributed by atoms with Gasteiger partial charge < -0.3 is 4.98 Å². The zero-order valence-corrected chi connectivity index (χ0v) is 5.87. The monoisotopic (exact) mass is 138 g/mol. The number of hydrogen-bond acceptors (Lipinski definition) is 2. The summed E-state index contributed by atoms with van der Waals surface area (Å²) >= 11 is 4.02. The van der Waals surface area contributed by atoms with E-state index in [-0.39, 0.29) is 0 Å². The molecule has 0 amide bonds. The van der Waals surface area contributed by atoms with E-state index in [0.717, 1.165) is 5.69 Å². The molecule has 3 heteroatoms. The van der Waals surface area contributed by atoms with Crippen molar-refractivity contribution in [2.75, 3.05) is 0 Å². The Balaban J connectivity index is 3.20. The van der Waals surface area contributed by atoms with Gasteiger partial charge >= 0.3 is 0 Å². The third-order valence-electron chi connectivity index (χ3n) is 1.05. The van der Waals surface area contributed by atoms with Gasteiger partial charge in [0.2, 0.25) is 0 Å². The molecule has 0 aliphatic carbocycles. The van der Waals surface area contributed by atoms with E-state index < -0.39 is 0 Å². The van der Waals surface area contributed by atoms with E-state index in [1.807, 2.05) is 13.0 Å². The van der Waals surface area contributed by atoms with E-state index in [1.54, 1.807) is 6.07 Å². The summed E-state index contributed by atoms with van der Waals surface area (Å²) in [7, 11) is 0. The van der Waals surface area contributed by atoms with Crippen LogP contribution < -0.4 is 0 Å². The second kappa shape index (κ2) is 2.16. The van der Waals surface area contributed by atoms with E-state index >= 15 is 0 Å². The number of nitrogens with zero attached hydrogens (tertiary/aromatic N) is 1. The molecule has 0 unspecified atom stereocenters. The molecule has 0 aliphatic rings. The van der Waals surface area contributed by atoms with Gasteiger partial charge in [0.1, 0.15) is 6.07 Å². The lowest BCUT2D eigenvalue weighted by atomic mass is 10.3. The molecule has 1 rings (SSSR count). The number of aromatic amines is 1. The normalized spacial score (nSPS) is 9.00. The molecule has 1 heterocycles. The minimum absolute atomic E-state index is 0.607. The molecule has 0 saturated carbocycles. The van der Waals surface area contributed by atoms with Crippen LogP contribution in [0.1, 0.15) is 11.3 Å². The molecular formula is C6H6N2S. The predicted octanol–water partition coefficient (Wildman–Crippen LogP) is 1.48. The first kappa shape index (κ1) is 6.24. The van der Waals surface area contributed by atoms with Gasteiger partial charge in [0, 0.05) is 5.69 Å². The van der Waals surface area contributed by atoms with Crippen LogP contribution in [0, 0.1) is 18.3 Å². The van der Waals surface area contributed by atoms with Crippen molar-refractivity contribution in [1.29, 1.82) is 5.26 Å². The Kier molecular flexibility index (Phi) is 1.50. The minimum atomic E-state index is 0.607. The quantitative estimate of drug-likeness (QED) is 0.524. The second-order valence-electron chi connectivity index (χ2n) is 1.83. The van der Waals surface area contributed by atoms with Crippen molar-refractivity contribution in [2.24, 2.45) is 0 Å². The van der Waals surface area contributed by atoms with Gasteiger partial charge in [-0.1, -0.05) is 0 Å². The smallest absolute Gasteiger partial charge is 0.102 e. The third-order valence-corrected chi connectivity index (χ3v) is 1.40. The van der Waals surface area contributed by atoms with Crippen LogP contribution in [0.15, 0.2) is 11.1 Å². The van der Waals surface area contributed by atoms with Crippen LogP contribution in [0.2, 0.25) is 0 Å². The number of rotatable bonds is 0. The van der Waals surface area contributed by atoms with Gasteiger partial charge in [-0.05, 0) is 13.0 Å². The minimum Gasteiger partial charge on any atom is -0.353 e. The molecule has 0 bridgehead atoms. The Morgan fingerprint density at radius 1 is 1.78 bits per heavy atom. The van der Waals surface area contributed by atoms with Crippen LogP contribution in [-0.2, 0) is 0 Å². The van der Waals surface area contributed by atoms with Gasteiger partial charge in [-0.25, -0.2) is 0 Å². The Morgan fingerprint density at radius 2 is 2.44 bits per heavy atom. The molecule has 1 aromatic heterocycles. The van der Waals surface area contributed by atoms with Gasteiger partial charge in [-0.3, -0.25) is 0 Å². The maximum Gasteiger partial charge on any atom is 0.102 e. The molecule has 0 atom stereocenters. The first-order valence-electron chi connectivity index (χ1n) is 2.52.